The van der Waals surface area contributed by atoms with Gasteiger partial charge in [-0.1, -0.05) is 0 Å². The standard InChI is InChI=1S/C6H5NS.H2O/c7-3-1-6-2-4-8-5-6;/h2,4-5H,1H2;1H2. The summed E-state index contributed by atoms with van der Waals surface area (Å²) in [6.45, 7) is 0. The molecule has 0 amide bonds. The van der Waals surface area contributed by atoms with Gasteiger partial charge in [0.15, 0.2) is 0 Å². The molecule has 0 unspecified atom stereocenters. The molecule has 0 aliphatic rings. The van der Waals surface area contributed by atoms with E-state index in [4.69, 9.17) is 5.26 Å². The summed E-state index contributed by atoms with van der Waals surface area (Å²) in [6.07, 6.45) is 0.545. The fraction of sp³-hybridized carbons (Fsp3) is 0.167. The van der Waals surface area contributed by atoms with Crippen molar-refractivity contribution in [3.63, 3.8) is 0 Å². The molecule has 0 saturated carbocycles. The molecule has 48 valence electrons. The van der Waals surface area contributed by atoms with E-state index >= 15 is 0 Å². The Hall–Kier alpha value is -0.850. The van der Waals surface area contributed by atoms with Gasteiger partial charge in [-0.3, -0.25) is 0 Å². The monoisotopic (exact) mass is 141 g/mol. The predicted octanol–water partition coefficient (Wildman–Crippen LogP) is 0.989. The highest BCUT2D eigenvalue weighted by molar-refractivity contribution is 7.07. The second-order valence-corrected chi connectivity index (χ2v) is 2.25. The van der Waals surface area contributed by atoms with Crippen molar-refractivity contribution in [1.29, 1.82) is 5.26 Å². The minimum absolute atomic E-state index is 0. The van der Waals surface area contributed by atoms with Gasteiger partial charge in [-0.2, -0.15) is 16.6 Å². The van der Waals surface area contributed by atoms with Gasteiger partial charge in [-0.15, -0.1) is 0 Å². The van der Waals surface area contributed by atoms with Gasteiger partial charge in [-0.05, 0) is 22.4 Å². The predicted molar refractivity (Wildman–Crippen MR) is 37.2 cm³/mol. The molecule has 1 rings (SSSR count). The number of hydrogen-bond acceptors (Lipinski definition) is 2. The molecule has 0 bridgehead atoms. The minimum atomic E-state index is 0. The number of thiophene rings is 1. The summed E-state index contributed by atoms with van der Waals surface area (Å²) in [5.74, 6) is 0. The van der Waals surface area contributed by atoms with Crippen LogP contribution in [0.1, 0.15) is 5.56 Å². The van der Waals surface area contributed by atoms with Crippen LogP contribution in [0.4, 0.5) is 0 Å². The Labute approximate surface area is 57.7 Å². The van der Waals surface area contributed by atoms with Gasteiger partial charge in [-0.25, -0.2) is 0 Å². The number of rotatable bonds is 1. The van der Waals surface area contributed by atoms with Crippen LogP contribution in [0.2, 0.25) is 0 Å². The van der Waals surface area contributed by atoms with E-state index in [0.717, 1.165) is 5.56 Å². The second-order valence-electron chi connectivity index (χ2n) is 1.47. The molecule has 0 radical (unpaired) electrons. The highest BCUT2D eigenvalue weighted by Gasteiger charge is 1.86. The maximum Gasteiger partial charge on any atom is 0.0670 e. The van der Waals surface area contributed by atoms with Crippen LogP contribution >= 0.6 is 11.3 Å². The van der Waals surface area contributed by atoms with E-state index in [0.29, 0.717) is 6.42 Å². The van der Waals surface area contributed by atoms with Crippen LogP contribution < -0.4 is 0 Å². The minimum Gasteiger partial charge on any atom is -0.412 e. The van der Waals surface area contributed by atoms with Gasteiger partial charge in [0.1, 0.15) is 0 Å². The highest BCUT2D eigenvalue weighted by Crippen LogP contribution is 2.04. The Balaban J connectivity index is 0.000000640. The van der Waals surface area contributed by atoms with Gasteiger partial charge < -0.3 is 5.48 Å². The summed E-state index contributed by atoms with van der Waals surface area (Å²) in [5, 5.41) is 12.2. The van der Waals surface area contributed by atoms with Crippen molar-refractivity contribution in [2.45, 2.75) is 6.42 Å². The Morgan fingerprint density at radius 1 is 1.67 bits per heavy atom. The third kappa shape index (κ3) is 2.27. The Morgan fingerprint density at radius 3 is 2.89 bits per heavy atom. The molecule has 0 fully saturated rings. The van der Waals surface area contributed by atoms with E-state index in [1.807, 2.05) is 16.8 Å². The van der Waals surface area contributed by atoms with Crippen molar-refractivity contribution >= 4 is 11.3 Å². The van der Waals surface area contributed by atoms with Crippen molar-refractivity contribution in [2.24, 2.45) is 0 Å². The molecule has 0 aliphatic carbocycles. The van der Waals surface area contributed by atoms with E-state index in [1.165, 1.54) is 0 Å². The number of hydrogen-bond donors (Lipinski definition) is 0. The summed E-state index contributed by atoms with van der Waals surface area (Å²) in [7, 11) is 0. The zero-order valence-corrected chi connectivity index (χ0v) is 5.61. The first-order valence-electron chi connectivity index (χ1n) is 2.31. The number of nitriles is 1. The average Bonchev–Trinajstić information content (AvgIpc) is 2.19. The van der Waals surface area contributed by atoms with E-state index in [1.54, 1.807) is 11.3 Å². The normalized spacial score (nSPS) is 7.44. The summed E-state index contributed by atoms with van der Waals surface area (Å²) < 4.78 is 0. The summed E-state index contributed by atoms with van der Waals surface area (Å²) in [5.41, 5.74) is 1.12. The van der Waals surface area contributed by atoms with Crippen LogP contribution in [0.5, 0.6) is 0 Å². The summed E-state index contributed by atoms with van der Waals surface area (Å²) in [4.78, 5) is 0. The third-order valence-corrected chi connectivity index (χ3v) is 1.60. The molecule has 0 atom stereocenters. The van der Waals surface area contributed by atoms with Gasteiger partial charge in [0.25, 0.3) is 0 Å². The smallest absolute Gasteiger partial charge is 0.0670 e. The molecule has 2 nitrogen and oxygen atoms in total. The maximum absolute atomic E-state index is 8.19. The lowest BCUT2D eigenvalue weighted by Crippen LogP contribution is -1.70. The molecule has 0 spiro atoms. The molecule has 0 aromatic carbocycles. The quantitative estimate of drug-likeness (QED) is 0.575. The molecule has 0 saturated heterocycles. The van der Waals surface area contributed by atoms with Crippen molar-refractivity contribution in [1.82, 2.24) is 0 Å². The van der Waals surface area contributed by atoms with Crippen molar-refractivity contribution in [2.75, 3.05) is 0 Å². The molecule has 0 aliphatic heterocycles. The molecule has 3 heteroatoms. The van der Waals surface area contributed by atoms with Crippen LogP contribution in [0.25, 0.3) is 0 Å². The third-order valence-electron chi connectivity index (χ3n) is 0.863. The zero-order chi connectivity index (χ0) is 5.82. The van der Waals surface area contributed by atoms with Crippen molar-refractivity contribution in [3.8, 4) is 6.07 Å². The molecule has 9 heavy (non-hydrogen) atoms. The molecule has 1 aromatic heterocycles. The molecular formula is C6H7NOS. The van der Waals surface area contributed by atoms with Crippen LogP contribution in [-0.4, -0.2) is 5.48 Å². The van der Waals surface area contributed by atoms with Crippen molar-refractivity contribution in [3.05, 3.63) is 22.4 Å². The van der Waals surface area contributed by atoms with Gasteiger partial charge in [0.2, 0.25) is 0 Å². The Kier molecular flexibility index (Phi) is 3.69. The van der Waals surface area contributed by atoms with Gasteiger partial charge >= 0.3 is 0 Å². The van der Waals surface area contributed by atoms with E-state index in [9.17, 15) is 0 Å². The first-order valence-corrected chi connectivity index (χ1v) is 3.26. The summed E-state index contributed by atoms with van der Waals surface area (Å²) >= 11 is 1.63. The lowest BCUT2D eigenvalue weighted by molar-refractivity contribution is 0.824. The Morgan fingerprint density at radius 2 is 2.44 bits per heavy atom. The largest absolute Gasteiger partial charge is 0.412 e. The molecule has 1 aromatic rings. The molecular weight excluding hydrogens is 134 g/mol. The lowest BCUT2D eigenvalue weighted by atomic mass is 10.3. The summed E-state index contributed by atoms with van der Waals surface area (Å²) in [6, 6.07) is 4.04. The molecule has 2 N–H and O–H groups in total. The topological polar surface area (TPSA) is 55.3 Å². The van der Waals surface area contributed by atoms with Crippen molar-refractivity contribution < 1.29 is 5.48 Å². The van der Waals surface area contributed by atoms with Crippen LogP contribution in [-0.2, 0) is 6.42 Å². The second kappa shape index (κ2) is 4.07. The maximum atomic E-state index is 8.19. The zero-order valence-electron chi connectivity index (χ0n) is 4.79. The van der Waals surface area contributed by atoms with E-state index in [2.05, 4.69) is 6.07 Å². The molecule has 1 heterocycles. The SMILES string of the molecule is N#CCc1ccsc1.O. The highest BCUT2D eigenvalue weighted by atomic mass is 32.1. The van der Waals surface area contributed by atoms with Crippen LogP contribution in [0.15, 0.2) is 16.8 Å². The van der Waals surface area contributed by atoms with Gasteiger partial charge in [0, 0.05) is 0 Å². The van der Waals surface area contributed by atoms with Crippen LogP contribution in [0.3, 0.4) is 0 Å². The van der Waals surface area contributed by atoms with Gasteiger partial charge in [0.05, 0.1) is 12.5 Å². The lowest BCUT2D eigenvalue weighted by Gasteiger charge is -1.76. The average molecular weight is 141 g/mol. The fourth-order valence-corrected chi connectivity index (χ4v) is 1.15. The van der Waals surface area contributed by atoms with E-state index < -0.39 is 0 Å². The van der Waals surface area contributed by atoms with Crippen LogP contribution in [0, 0.1) is 11.3 Å². The first-order chi connectivity index (χ1) is 3.93. The Bertz CT molecular complexity index is 187. The van der Waals surface area contributed by atoms with E-state index in [-0.39, 0.29) is 5.48 Å². The first kappa shape index (κ1) is 8.15. The number of nitrogens with zero attached hydrogens (tertiary/aromatic N) is 1. The fourth-order valence-electron chi connectivity index (χ4n) is 0.485.